The van der Waals surface area contributed by atoms with E-state index in [0.29, 0.717) is 5.78 Å². The Bertz CT molecular complexity index is 528. The Morgan fingerprint density at radius 1 is 0.960 bits per heavy atom. The molecule has 1 saturated heterocycles. The van der Waals surface area contributed by atoms with E-state index in [9.17, 15) is 4.79 Å². The van der Waals surface area contributed by atoms with Gasteiger partial charge in [0.05, 0.1) is 13.2 Å². The van der Waals surface area contributed by atoms with Gasteiger partial charge in [0, 0.05) is 31.0 Å². The summed E-state index contributed by atoms with van der Waals surface area (Å²) in [5.74, 6) is 5.05. The Morgan fingerprint density at radius 3 is 2.60 bits per heavy atom. The fourth-order valence-corrected chi connectivity index (χ4v) is 7.87. The summed E-state index contributed by atoms with van der Waals surface area (Å²) in [6.07, 6.45) is 11.7. The van der Waals surface area contributed by atoms with Gasteiger partial charge in [0.25, 0.3) is 0 Å². The van der Waals surface area contributed by atoms with Crippen molar-refractivity contribution < 1.29 is 9.53 Å². The summed E-state index contributed by atoms with van der Waals surface area (Å²) < 4.78 is 5.56. The molecule has 0 aromatic heterocycles. The largest absolute Gasteiger partial charge is 0.379 e. The summed E-state index contributed by atoms with van der Waals surface area (Å²) in [5.41, 5.74) is 0.0546. The van der Waals surface area contributed by atoms with Crippen LogP contribution in [0.3, 0.4) is 0 Å². The molecule has 3 heteroatoms. The van der Waals surface area contributed by atoms with Crippen molar-refractivity contribution >= 4 is 5.78 Å². The first-order valence-electron chi connectivity index (χ1n) is 11.0. The average Bonchev–Trinajstić information content (AvgIpc) is 2.97. The Morgan fingerprint density at radius 2 is 1.76 bits per heavy atom. The molecule has 1 aliphatic heterocycles. The Hall–Kier alpha value is -0.410. The van der Waals surface area contributed by atoms with Crippen LogP contribution >= 0.6 is 0 Å². The number of ketones is 1. The molecule has 0 N–H and O–H groups in total. The van der Waals surface area contributed by atoms with Gasteiger partial charge >= 0.3 is 0 Å². The van der Waals surface area contributed by atoms with Gasteiger partial charge in [-0.3, -0.25) is 9.69 Å². The van der Waals surface area contributed by atoms with Crippen LogP contribution in [0.2, 0.25) is 0 Å². The maximum atomic E-state index is 12.5. The molecule has 0 aromatic carbocycles. The Kier molecular flexibility index (Phi) is 4.24. The van der Waals surface area contributed by atoms with Gasteiger partial charge in [-0.05, 0) is 81.0 Å². The average molecular weight is 346 g/mol. The van der Waals surface area contributed by atoms with Crippen molar-refractivity contribution in [2.45, 2.75) is 70.8 Å². The SMILES string of the molecule is C[C@]12CC[C@H]3C(CC[C@H]4CC(N5CCOCC5)CC[C@@H]43)[C@@H]1CCC2=O. The third-order valence-electron chi connectivity index (χ3n) is 9.20. The van der Waals surface area contributed by atoms with E-state index < -0.39 is 0 Å². The highest BCUT2D eigenvalue weighted by Crippen LogP contribution is 2.61. The number of nitrogens with zero attached hydrogens (tertiary/aromatic N) is 1. The summed E-state index contributed by atoms with van der Waals surface area (Å²) in [5, 5.41) is 0. The normalized spacial score (nSPS) is 50.8. The monoisotopic (exact) mass is 345 g/mol. The topological polar surface area (TPSA) is 29.5 Å². The molecular formula is C22H35NO2. The molecule has 7 atom stereocenters. The molecule has 25 heavy (non-hydrogen) atoms. The molecule has 0 bridgehead atoms. The van der Waals surface area contributed by atoms with Crippen LogP contribution in [-0.2, 0) is 9.53 Å². The summed E-state index contributed by atoms with van der Waals surface area (Å²) in [7, 11) is 0. The molecule has 2 unspecified atom stereocenters. The Labute approximate surface area is 152 Å². The highest BCUT2D eigenvalue weighted by molar-refractivity contribution is 5.87. The van der Waals surface area contributed by atoms with Gasteiger partial charge in [0.15, 0.2) is 0 Å². The molecule has 1 heterocycles. The second kappa shape index (κ2) is 6.34. The minimum absolute atomic E-state index is 0.0546. The van der Waals surface area contributed by atoms with Crippen LogP contribution in [0.25, 0.3) is 0 Å². The maximum absolute atomic E-state index is 12.5. The molecule has 0 radical (unpaired) electrons. The van der Waals surface area contributed by atoms with Crippen LogP contribution in [0.5, 0.6) is 0 Å². The van der Waals surface area contributed by atoms with Crippen molar-refractivity contribution in [1.82, 2.24) is 4.90 Å². The van der Waals surface area contributed by atoms with Gasteiger partial charge < -0.3 is 4.74 Å². The number of hydrogen-bond donors (Lipinski definition) is 0. The fraction of sp³-hybridized carbons (Fsp3) is 0.955. The molecular weight excluding hydrogens is 310 g/mol. The number of fused-ring (bicyclic) bond motifs is 5. The van der Waals surface area contributed by atoms with Gasteiger partial charge in [-0.15, -0.1) is 0 Å². The van der Waals surface area contributed by atoms with Crippen LogP contribution in [0.1, 0.15) is 64.7 Å². The van der Waals surface area contributed by atoms with Gasteiger partial charge in [0.2, 0.25) is 0 Å². The van der Waals surface area contributed by atoms with E-state index in [1.807, 2.05) is 0 Å². The van der Waals surface area contributed by atoms with Crippen molar-refractivity contribution in [2.75, 3.05) is 26.3 Å². The number of hydrogen-bond acceptors (Lipinski definition) is 3. The molecule has 5 aliphatic rings. The number of morpholine rings is 1. The highest BCUT2D eigenvalue weighted by Gasteiger charge is 2.57. The predicted octanol–water partition coefficient (Wildman–Crippen LogP) is 3.91. The lowest BCUT2D eigenvalue weighted by Gasteiger charge is -2.55. The van der Waals surface area contributed by atoms with E-state index in [-0.39, 0.29) is 5.41 Å². The maximum Gasteiger partial charge on any atom is 0.139 e. The van der Waals surface area contributed by atoms with Crippen molar-refractivity contribution in [3.8, 4) is 0 Å². The second-order valence-electron chi connectivity index (χ2n) is 9.97. The third kappa shape index (κ3) is 2.64. The smallest absolute Gasteiger partial charge is 0.139 e. The van der Waals surface area contributed by atoms with E-state index >= 15 is 0 Å². The van der Waals surface area contributed by atoms with Crippen LogP contribution in [0.4, 0.5) is 0 Å². The molecule has 0 aromatic rings. The molecule has 5 fully saturated rings. The number of carbonyl (C=O) groups excluding carboxylic acids is 1. The van der Waals surface area contributed by atoms with E-state index in [1.165, 1.54) is 51.4 Å². The van der Waals surface area contributed by atoms with E-state index in [4.69, 9.17) is 4.74 Å². The molecule has 140 valence electrons. The van der Waals surface area contributed by atoms with Crippen LogP contribution in [0, 0.1) is 35.0 Å². The van der Waals surface area contributed by atoms with Gasteiger partial charge in [-0.1, -0.05) is 6.92 Å². The minimum atomic E-state index is 0.0546. The number of carbonyl (C=O) groups is 1. The second-order valence-corrected chi connectivity index (χ2v) is 9.97. The zero-order chi connectivity index (χ0) is 17.0. The van der Waals surface area contributed by atoms with E-state index in [0.717, 1.165) is 68.4 Å². The summed E-state index contributed by atoms with van der Waals surface area (Å²) in [6, 6.07) is 0.823. The Balaban J connectivity index is 1.29. The number of rotatable bonds is 1. The molecule has 4 saturated carbocycles. The molecule has 4 aliphatic carbocycles. The van der Waals surface area contributed by atoms with Crippen molar-refractivity contribution in [2.24, 2.45) is 35.0 Å². The predicted molar refractivity (Wildman–Crippen MR) is 98.3 cm³/mol. The van der Waals surface area contributed by atoms with Crippen molar-refractivity contribution in [3.05, 3.63) is 0 Å². The summed E-state index contributed by atoms with van der Waals surface area (Å²) in [4.78, 5) is 15.2. The van der Waals surface area contributed by atoms with Gasteiger partial charge in [-0.25, -0.2) is 0 Å². The van der Waals surface area contributed by atoms with Crippen LogP contribution in [-0.4, -0.2) is 43.0 Å². The molecule has 5 rings (SSSR count). The van der Waals surface area contributed by atoms with Crippen LogP contribution in [0.15, 0.2) is 0 Å². The first-order valence-corrected chi connectivity index (χ1v) is 11.0. The summed E-state index contributed by atoms with van der Waals surface area (Å²) in [6.45, 7) is 6.48. The lowest BCUT2D eigenvalue weighted by atomic mass is 9.50. The highest BCUT2D eigenvalue weighted by atomic mass is 16.5. The van der Waals surface area contributed by atoms with E-state index in [2.05, 4.69) is 11.8 Å². The van der Waals surface area contributed by atoms with E-state index in [1.54, 1.807) is 0 Å². The zero-order valence-electron chi connectivity index (χ0n) is 15.9. The number of Topliss-reactive ketones (excluding diaryl/α,β-unsaturated/α-hetero) is 1. The third-order valence-corrected chi connectivity index (χ3v) is 9.20. The lowest BCUT2D eigenvalue weighted by molar-refractivity contribution is -0.133. The zero-order valence-corrected chi connectivity index (χ0v) is 15.9. The molecule has 0 amide bonds. The molecule has 0 spiro atoms. The van der Waals surface area contributed by atoms with Gasteiger partial charge in [-0.2, -0.15) is 0 Å². The number of ether oxygens (including phenoxy) is 1. The van der Waals surface area contributed by atoms with Crippen LogP contribution < -0.4 is 0 Å². The standard InChI is InChI=1S/C22H35NO2/c1-22-9-8-18-17-5-3-16(23-10-12-25-13-11-23)14-15(17)2-4-19(18)20(22)6-7-21(22)24/h15-20H,2-14H2,1H3/t15-,16?,17-,18+,19?,20-,22-/m0/s1. The van der Waals surface area contributed by atoms with Gasteiger partial charge in [0.1, 0.15) is 5.78 Å². The quantitative estimate of drug-likeness (QED) is 0.722. The summed E-state index contributed by atoms with van der Waals surface area (Å²) >= 11 is 0. The minimum Gasteiger partial charge on any atom is -0.379 e. The van der Waals surface area contributed by atoms with Crippen molar-refractivity contribution in [1.29, 1.82) is 0 Å². The fourth-order valence-electron chi connectivity index (χ4n) is 7.87. The van der Waals surface area contributed by atoms with Crippen molar-refractivity contribution in [3.63, 3.8) is 0 Å². The first-order chi connectivity index (χ1) is 12.2. The first kappa shape index (κ1) is 16.7. The lowest BCUT2D eigenvalue weighted by Crippen LogP contribution is -2.52. The molecule has 3 nitrogen and oxygen atoms in total.